The first-order valence-corrected chi connectivity index (χ1v) is 4.58. The van der Waals surface area contributed by atoms with E-state index in [0.717, 1.165) is 5.56 Å². The molecular formula is C11H12O3. The molecule has 1 aromatic carbocycles. The second-order valence-electron chi connectivity index (χ2n) is 3.61. The SMILES string of the molecule is COc1ccc(O)c2c1CC(C)C2=O. The third-order valence-corrected chi connectivity index (χ3v) is 2.67. The molecule has 0 fully saturated rings. The minimum atomic E-state index is -0.0489. The lowest BCUT2D eigenvalue weighted by Crippen LogP contribution is -2.03. The van der Waals surface area contributed by atoms with Crippen LogP contribution in [0, 0.1) is 5.92 Å². The summed E-state index contributed by atoms with van der Waals surface area (Å²) in [6, 6.07) is 3.20. The average molecular weight is 192 g/mol. The van der Waals surface area contributed by atoms with Crippen LogP contribution >= 0.6 is 0 Å². The van der Waals surface area contributed by atoms with Crippen molar-refractivity contribution in [3.8, 4) is 11.5 Å². The minimum Gasteiger partial charge on any atom is -0.507 e. The molecular weight excluding hydrogens is 180 g/mol. The van der Waals surface area contributed by atoms with E-state index in [1.807, 2.05) is 6.92 Å². The minimum absolute atomic E-state index is 0.0106. The zero-order valence-electron chi connectivity index (χ0n) is 8.20. The van der Waals surface area contributed by atoms with Crippen molar-refractivity contribution >= 4 is 5.78 Å². The highest BCUT2D eigenvalue weighted by atomic mass is 16.5. The van der Waals surface area contributed by atoms with Crippen molar-refractivity contribution in [3.63, 3.8) is 0 Å². The van der Waals surface area contributed by atoms with Gasteiger partial charge in [0, 0.05) is 11.5 Å². The second kappa shape index (κ2) is 3.01. The molecule has 1 aliphatic rings. The predicted octanol–water partition coefficient (Wildman–Crippen LogP) is 1.78. The quantitative estimate of drug-likeness (QED) is 0.737. The summed E-state index contributed by atoms with van der Waals surface area (Å²) in [6.07, 6.45) is 0.658. The molecule has 3 nitrogen and oxygen atoms in total. The van der Waals surface area contributed by atoms with Gasteiger partial charge in [-0.15, -0.1) is 0 Å². The number of Topliss-reactive ketones (excluding diaryl/α,β-unsaturated/α-hetero) is 1. The van der Waals surface area contributed by atoms with Gasteiger partial charge in [-0.05, 0) is 18.6 Å². The summed E-state index contributed by atoms with van der Waals surface area (Å²) in [5.41, 5.74) is 1.28. The van der Waals surface area contributed by atoms with Crippen molar-refractivity contribution < 1.29 is 14.6 Å². The van der Waals surface area contributed by atoms with E-state index in [0.29, 0.717) is 17.7 Å². The molecule has 1 atom stereocenters. The van der Waals surface area contributed by atoms with E-state index in [-0.39, 0.29) is 17.5 Å². The van der Waals surface area contributed by atoms with Gasteiger partial charge in [0.2, 0.25) is 0 Å². The molecule has 74 valence electrons. The van der Waals surface area contributed by atoms with Gasteiger partial charge in [0.25, 0.3) is 0 Å². The first kappa shape index (κ1) is 9.06. The summed E-state index contributed by atoms with van der Waals surface area (Å²) in [7, 11) is 1.57. The van der Waals surface area contributed by atoms with Crippen molar-refractivity contribution in [1.82, 2.24) is 0 Å². The Morgan fingerprint density at radius 2 is 2.21 bits per heavy atom. The maximum atomic E-state index is 11.7. The maximum absolute atomic E-state index is 11.7. The fourth-order valence-corrected chi connectivity index (χ4v) is 1.93. The molecule has 1 unspecified atom stereocenters. The van der Waals surface area contributed by atoms with Crippen LogP contribution in [-0.2, 0) is 6.42 Å². The van der Waals surface area contributed by atoms with Gasteiger partial charge in [0.1, 0.15) is 11.5 Å². The highest BCUT2D eigenvalue weighted by Crippen LogP contribution is 2.38. The monoisotopic (exact) mass is 192 g/mol. The summed E-state index contributed by atoms with van der Waals surface area (Å²) in [5.74, 6) is 0.717. The molecule has 0 aliphatic heterocycles. The van der Waals surface area contributed by atoms with E-state index in [4.69, 9.17) is 4.74 Å². The smallest absolute Gasteiger partial charge is 0.170 e. The molecule has 0 spiro atoms. The van der Waals surface area contributed by atoms with Crippen LogP contribution in [0.5, 0.6) is 11.5 Å². The molecule has 0 radical (unpaired) electrons. The molecule has 0 amide bonds. The number of aromatic hydroxyl groups is 1. The van der Waals surface area contributed by atoms with Gasteiger partial charge in [0.15, 0.2) is 5.78 Å². The first-order valence-electron chi connectivity index (χ1n) is 4.58. The second-order valence-corrected chi connectivity index (χ2v) is 3.61. The van der Waals surface area contributed by atoms with Crippen molar-refractivity contribution in [3.05, 3.63) is 23.3 Å². The lowest BCUT2D eigenvalue weighted by Gasteiger charge is -2.06. The number of hydrogen-bond donors (Lipinski definition) is 1. The van der Waals surface area contributed by atoms with Crippen molar-refractivity contribution in [2.24, 2.45) is 5.92 Å². The molecule has 1 aliphatic carbocycles. The van der Waals surface area contributed by atoms with Crippen molar-refractivity contribution in [2.75, 3.05) is 7.11 Å². The Hall–Kier alpha value is -1.51. The molecule has 0 bridgehead atoms. The standard InChI is InChI=1S/C11H12O3/c1-6-5-7-9(14-2)4-3-8(12)10(7)11(6)13/h3-4,6,12H,5H2,1-2H3. The van der Waals surface area contributed by atoms with Crippen LogP contribution in [0.1, 0.15) is 22.8 Å². The zero-order chi connectivity index (χ0) is 10.3. The number of carbonyl (C=O) groups is 1. The molecule has 1 aromatic rings. The van der Waals surface area contributed by atoms with Gasteiger partial charge >= 0.3 is 0 Å². The summed E-state index contributed by atoms with van der Waals surface area (Å²) in [4.78, 5) is 11.7. The highest BCUT2D eigenvalue weighted by Gasteiger charge is 2.32. The van der Waals surface area contributed by atoms with Gasteiger partial charge in [-0.25, -0.2) is 0 Å². The van der Waals surface area contributed by atoms with Crippen LogP contribution in [0.3, 0.4) is 0 Å². The van der Waals surface area contributed by atoms with E-state index >= 15 is 0 Å². The van der Waals surface area contributed by atoms with E-state index in [9.17, 15) is 9.90 Å². The van der Waals surface area contributed by atoms with Gasteiger partial charge in [0.05, 0.1) is 12.7 Å². The molecule has 0 saturated heterocycles. The Morgan fingerprint density at radius 1 is 1.50 bits per heavy atom. The Labute approximate surface area is 82.3 Å². The number of benzene rings is 1. The van der Waals surface area contributed by atoms with E-state index in [1.54, 1.807) is 13.2 Å². The fourth-order valence-electron chi connectivity index (χ4n) is 1.93. The van der Waals surface area contributed by atoms with Gasteiger partial charge < -0.3 is 9.84 Å². The molecule has 1 N–H and O–H groups in total. The lowest BCUT2D eigenvalue weighted by molar-refractivity contribution is 0.0944. The van der Waals surface area contributed by atoms with Crippen LogP contribution in [0.4, 0.5) is 0 Å². The van der Waals surface area contributed by atoms with Crippen LogP contribution in [-0.4, -0.2) is 18.0 Å². The predicted molar refractivity (Wildman–Crippen MR) is 51.9 cm³/mol. The van der Waals surface area contributed by atoms with Crippen LogP contribution in [0.15, 0.2) is 12.1 Å². The van der Waals surface area contributed by atoms with Crippen molar-refractivity contribution in [2.45, 2.75) is 13.3 Å². The molecule has 0 heterocycles. The zero-order valence-corrected chi connectivity index (χ0v) is 8.20. The Morgan fingerprint density at radius 3 is 2.86 bits per heavy atom. The number of ketones is 1. The maximum Gasteiger partial charge on any atom is 0.170 e. The molecule has 0 aromatic heterocycles. The van der Waals surface area contributed by atoms with Gasteiger partial charge in [-0.3, -0.25) is 4.79 Å². The van der Waals surface area contributed by atoms with E-state index in [1.165, 1.54) is 6.07 Å². The third-order valence-electron chi connectivity index (χ3n) is 2.67. The number of rotatable bonds is 1. The third kappa shape index (κ3) is 1.09. The Kier molecular flexibility index (Phi) is 1.95. The summed E-state index contributed by atoms with van der Waals surface area (Å²) in [6.45, 7) is 1.86. The normalized spacial score (nSPS) is 19.6. The van der Waals surface area contributed by atoms with Crippen LogP contribution in [0.2, 0.25) is 0 Å². The Bertz CT molecular complexity index is 396. The molecule has 2 rings (SSSR count). The summed E-state index contributed by atoms with van der Waals surface area (Å²) >= 11 is 0. The topological polar surface area (TPSA) is 46.5 Å². The number of methoxy groups -OCH3 is 1. The largest absolute Gasteiger partial charge is 0.507 e. The summed E-state index contributed by atoms with van der Waals surface area (Å²) < 4.78 is 5.15. The lowest BCUT2D eigenvalue weighted by atomic mass is 10.1. The van der Waals surface area contributed by atoms with Crippen LogP contribution < -0.4 is 4.74 Å². The fraction of sp³-hybridized carbons (Fsp3) is 0.364. The molecule has 14 heavy (non-hydrogen) atoms. The average Bonchev–Trinajstić information content (AvgIpc) is 2.45. The number of fused-ring (bicyclic) bond motifs is 1. The van der Waals surface area contributed by atoms with Gasteiger partial charge in [-0.2, -0.15) is 0 Å². The number of phenolic OH excluding ortho intramolecular Hbond substituents is 1. The molecule has 3 heteroatoms. The number of phenols is 1. The number of hydrogen-bond acceptors (Lipinski definition) is 3. The first-order chi connectivity index (χ1) is 6.65. The van der Waals surface area contributed by atoms with E-state index < -0.39 is 0 Å². The Balaban J connectivity index is 2.64. The summed E-state index contributed by atoms with van der Waals surface area (Å²) in [5, 5.41) is 9.56. The van der Waals surface area contributed by atoms with Crippen molar-refractivity contribution in [1.29, 1.82) is 0 Å². The highest BCUT2D eigenvalue weighted by molar-refractivity contribution is 6.05. The number of ether oxygens (including phenoxy) is 1. The molecule has 0 saturated carbocycles. The van der Waals surface area contributed by atoms with E-state index in [2.05, 4.69) is 0 Å². The number of carbonyl (C=O) groups excluding carboxylic acids is 1. The van der Waals surface area contributed by atoms with Crippen LogP contribution in [0.25, 0.3) is 0 Å². The van der Waals surface area contributed by atoms with Gasteiger partial charge in [-0.1, -0.05) is 6.92 Å².